The Balaban J connectivity index is 2.40. The summed E-state index contributed by atoms with van der Waals surface area (Å²) in [5.74, 6) is 0. The van der Waals surface area contributed by atoms with Gasteiger partial charge in [-0.15, -0.1) is 0 Å². The summed E-state index contributed by atoms with van der Waals surface area (Å²) in [7, 11) is 3.93. The summed E-state index contributed by atoms with van der Waals surface area (Å²) in [5.41, 5.74) is 5.01. The topological polar surface area (TPSA) is 29.9 Å². The van der Waals surface area contributed by atoms with Gasteiger partial charge in [0.2, 0.25) is 0 Å². The van der Waals surface area contributed by atoms with E-state index in [1.54, 1.807) is 0 Å². The summed E-state index contributed by atoms with van der Waals surface area (Å²) in [6.45, 7) is 3.05. The fourth-order valence-corrected chi connectivity index (χ4v) is 1.97. The van der Waals surface area contributed by atoms with Gasteiger partial charge in [0, 0.05) is 25.4 Å². The molecule has 0 unspecified atom stereocenters. The Morgan fingerprint density at radius 3 is 2.69 bits per heavy atom. The van der Waals surface area contributed by atoms with E-state index in [1.165, 1.54) is 16.7 Å². The molecule has 2 rings (SSSR count). The summed E-state index contributed by atoms with van der Waals surface area (Å²) in [5, 5.41) is 7.36. The van der Waals surface area contributed by atoms with E-state index < -0.39 is 0 Å². The number of hydrogen-bond acceptors (Lipinski definition) is 2. The molecule has 2 aromatic rings. The van der Waals surface area contributed by atoms with Crippen LogP contribution in [0, 0.1) is 6.92 Å². The van der Waals surface area contributed by atoms with Gasteiger partial charge in [0.1, 0.15) is 0 Å². The van der Waals surface area contributed by atoms with Crippen molar-refractivity contribution in [2.24, 2.45) is 7.05 Å². The van der Waals surface area contributed by atoms with Crippen LogP contribution in [0.1, 0.15) is 11.1 Å². The van der Waals surface area contributed by atoms with Crippen LogP contribution in [0.5, 0.6) is 0 Å². The van der Waals surface area contributed by atoms with E-state index in [4.69, 9.17) is 0 Å². The zero-order chi connectivity index (χ0) is 11.5. The van der Waals surface area contributed by atoms with Gasteiger partial charge in [-0.3, -0.25) is 4.68 Å². The van der Waals surface area contributed by atoms with Gasteiger partial charge in [-0.2, -0.15) is 5.10 Å². The second-order valence-electron chi connectivity index (χ2n) is 4.02. The van der Waals surface area contributed by atoms with E-state index in [0.29, 0.717) is 0 Å². The van der Waals surface area contributed by atoms with Crippen LogP contribution in [0.2, 0.25) is 0 Å². The molecule has 0 atom stereocenters. The van der Waals surface area contributed by atoms with Gasteiger partial charge in [0.15, 0.2) is 0 Å². The minimum atomic E-state index is 0.909. The van der Waals surface area contributed by atoms with Gasteiger partial charge >= 0.3 is 0 Å². The average molecular weight is 215 g/mol. The molecule has 0 aliphatic carbocycles. The molecule has 0 amide bonds. The number of benzene rings is 1. The van der Waals surface area contributed by atoms with Crippen LogP contribution in [0.3, 0.4) is 0 Å². The minimum absolute atomic E-state index is 0.909. The molecule has 0 fully saturated rings. The van der Waals surface area contributed by atoms with Crippen molar-refractivity contribution >= 4 is 0 Å². The lowest BCUT2D eigenvalue weighted by Crippen LogP contribution is -2.05. The summed E-state index contributed by atoms with van der Waals surface area (Å²) >= 11 is 0. The smallest absolute Gasteiger partial charge is 0.0681 e. The van der Waals surface area contributed by atoms with E-state index in [9.17, 15) is 0 Å². The average Bonchev–Trinajstić information content (AvgIpc) is 2.65. The first-order chi connectivity index (χ1) is 7.72. The summed E-state index contributed by atoms with van der Waals surface area (Å²) in [6, 6.07) is 8.59. The maximum atomic E-state index is 4.20. The SMILES string of the molecule is CNCc1ccc(-c2ccnn2C)c(C)c1. The molecule has 16 heavy (non-hydrogen) atoms. The van der Waals surface area contributed by atoms with Gasteiger partial charge in [-0.25, -0.2) is 0 Å². The molecule has 1 N–H and O–H groups in total. The van der Waals surface area contributed by atoms with Crippen molar-refractivity contribution < 1.29 is 0 Å². The van der Waals surface area contributed by atoms with E-state index in [-0.39, 0.29) is 0 Å². The van der Waals surface area contributed by atoms with Crippen LogP contribution in [-0.4, -0.2) is 16.8 Å². The zero-order valence-electron chi connectivity index (χ0n) is 9.99. The minimum Gasteiger partial charge on any atom is -0.316 e. The first-order valence-electron chi connectivity index (χ1n) is 5.45. The maximum absolute atomic E-state index is 4.20. The van der Waals surface area contributed by atoms with Gasteiger partial charge in [0.05, 0.1) is 5.69 Å². The van der Waals surface area contributed by atoms with Crippen LogP contribution in [-0.2, 0) is 13.6 Å². The van der Waals surface area contributed by atoms with Crippen LogP contribution in [0.4, 0.5) is 0 Å². The third kappa shape index (κ3) is 1.99. The molecule has 0 aliphatic rings. The molecule has 0 aliphatic heterocycles. The highest BCUT2D eigenvalue weighted by Gasteiger charge is 2.06. The van der Waals surface area contributed by atoms with Crippen molar-refractivity contribution in [2.45, 2.75) is 13.5 Å². The summed E-state index contributed by atoms with van der Waals surface area (Å²) < 4.78 is 1.90. The standard InChI is InChI=1S/C13H17N3/c1-10-8-11(9-14-2)4-5-12(10)13-6-7-15-16(13)3/h4-8,14H,9H2,1-3H3. The molecule has 1 aromatic carbocycles. The lowest BCUT2D eigenvalue weighted by Gasteiger charge is -2.08. The molecule has 1 heterocycles. The van der Waals surface area contributed by atoms with Crippen molar-refractivity contribution in [3.8, 4) is 11.3 Å². The summed E-state index contributed by atoms with van der Waals surface area (Å²) in [6.07, 6.45) is 1.83. The molecule has 84 valence electrons. The number of aromatic nitrogens is 2. The normalized spacial score (nSPS) is 10.7. The Morgan fingerprint density at radius 2 is 2.12 bits per heavy atom. The third-order valence-electron chi connectivity index (χ3n) is 2.77. The van der Waals surface area contributed by atoms with Gasteiger partial charge < -0.3 is 5.32 Å². The predicted molar refractivity (Wildman–Crippen MR) is 66.1 cm³/mol. The lowest BCUT2D eigenvalue weighted by atomic mass is 10.0. The lowest BCUT2D eigenvalue weighted by molar-refractivity contribution is 0.775. The highest BCUT2D eigenvalue weighted by atomic mass is 15.3. The van der Waals surface area contributed by atoms with Crippen LogP contribution in [0.15, 0.2) is 30.5 Å². The second kappa shape index (κ2) is 4.49. The Kier molecular flexibility index (Phi) is 3.06. The molecule has 0 bridgehead atoms. The molecule has 0 saturated heterocycles. The second-order valence-corrected chi connectivity index (χ2v) is 4.02. The van der Waals surface area contributed by atoms with Gasteiger partial charge in [0.25, 0.3) is 0 Å². The van der Waals surface area contributed by atoms with Gasteiger partial charge in [-0.05, 0) is 31.2 Å². The van der Waals surface area contributed by atoms with Crippen molar-refractivity contribution in [1.82, 2.24) is 15.1 Å². The molecular formula is C13H17N3. The number of aryl methyl sites for hydroxylation is 2. The van der Waals surface area contributed by atoms with E-state index in [0.717, 1.165) is 12.2 Å². The van der Waals surface area contributed by atoms with Crippen molar-refractivity contribution in [3.05, 3.63) is 41.6 Å². The van der Waals surface area contributed by atoms with Crippen LogP contribution in [0.25, 0.3) is 11.3 Å². The van der Waals surface area contributed by atoms with Gasteiger partial charge in [-0.1, -0.05) is 18.2 Å². The number of nitrogens with zero attached hydrogens (tertiary/aromatic N) is 2. The Hall–Kier alpha value is -1.61. The molecule has 3 nitrogen and oxygen atoms in total. The monoisotopic (exact) mass is 215 g/mol. The van der Waals surface area contributed by atoms with E-state index >= 15 is 0 Å². The third-order valence-corrected chi connectivity index (χ3v) is 2.77. The van der Waals surface area contributed by atoms with Crippen LogP contribution < -0.4 is 5.32 Å². The molecule has 0 spiro atoms. The Bertz CT molecular complexity index is 486. The fourth-order valence-electron chi connectivity index (χ4n) is 1.97. The zero-order valence-corrected chi connectivity index (χ0v) is 9.99. The fraction of sp³-hybridized carbons (Fsp3) is 0.308. The largest absolute Gasteiger partial charge is 0.316 e. The van der Waals surface area contributed by atoms with E-state index in [1.807, 2.05) is 31.0 Å². The Labute approximate surface area is 96.1 Å². The number of rotatable bonds is 3. The Morgan fingerprint density at radius 1 is 1.31 bits per heavy atom. The van der Waals surface area contributed by atoms with E-state index in [2.05, 4.69) is 35.5 Å². The summed E-state index contributed by atoms with van der Waals surface area (Å²) in [4.78, 5) is 0. The highest BCUT2D eigenvalue weighted by molar-refractivity contribution is 5.64. The molecule has 1 aromatic heterocycles. The van der Waals surface area contributed by atoms with Crippen molar-refractivity contribution in [1.29, 1.82) is 0 Å². The van der Waals surface area contributed by atoms with Crippen molar-refractivity contribution in [3.63, 3.8) is 0 Å². The van der Waals surface area contributed by atoms with Crippen molar-refractivity contribution in [2.75, 3.05) is 7.05 Å². The molecule has 0 saturated carbocycles. The maximum Gasteiger partial charge on any atom is 0.0681 e. The number of hydrogen-bond donors (Lipinski definition) is 1. The highest BCUT2D eigenvalue weighted by Crippen LogP contribution is 2.23. The first kappa shape index (κ1) is 10.9. The molecular weight excluding hydrogens is 198 g/mol. The quantitative estimate of drug-likeness (QED) is 0.850. The number of nitrogens with one attached hydrogen (secondary N) is 1. The predicted octanol–water partition coefficient (Wildman–Crippen LogP) is 2.11. The van der Waals surface area contributed by atoms with Crippen LogP contribution >= 0.6 is 0 Å². The molecule has 3 heteroatoms. The molecule has 0 radical (unpaired) electrons. The first-order valence-corrected chi connectivity index (χ1v) is 5.45.